The number of benzene rings is 3. The number of amides is 1. The van der Waals surface area contributed by atoms with Crippen LogP contribution in [0.2, 0.25) is 0 Å². The van der Waals surface area contributed by atoms with Crippen LogP contribution in [0.5, 0.6) is 11.5 Å². The number of nitrogens with one attached hydrogen (secondary N) is 1. The zero-order valence-electron chi connectivity index (χ0n) is 17.8. The van der Waals surface area contributed by atoms with Gasteiger partial charge >= 0.3 is 0 Å². The second-order valence-electron chi connectivity index (χ2n) is 7.00. The van der Waals surface area contributed by atoms with Crippen LogP contribution in [-0.2, 0) is 11.4 Å². The van der Waals surface area contributed by atoms with Crippen molar-refractivity contribution < 1.29 is 23.6 Å². The van der Waals surface area contributed by atoms with Crippen molar-refractivity contribution in [2.75, 3.05) is 12.4 Å². The molecule has 0 saturated carbocycles. The zero-order chi connectivity index (χ0) is 24.0. The summed E-state index contributed by atoms with van der Waals surface area (Å²) in [5.41, 5.74) is 1.79. The summed E-state index contributed by atoms with van der Waals surface area (Å²) in [5, 5.41) is 13.7. The van der Waals surface area contributed by atoms with E-state index >= 15 is 0 Å². The number of nitro groups is 1. The molecule has 0 heterocycles. The summed E-state index contributed by atoms with van der Waals surface area (Å²) in [6, 6.07) is 14.2. The maximum atomic E-state index is 13.8. The summed E-state index contributed by atoms with van der Waals surface area (Å²) in [4.78, 5) is 22.8. The van der Waals surface area contributed by atoms with Crippen molar-refractivity contribution in [3.8, 4) is 11.5 Å². The highest BCUT2D eigenvalue weighted by Crippen LogP contribution is 2.37. The Morgan fingerprint density at radius 1 is 1.21 bits per heavy atom. The molecular weight excluding hydrogens is 495 g/mol. The molecule has 0 radical (unpaired) electrons. The quantitative estimate of drug-likeness (QED) is 0.224. The molecular formula is C24H20BrFN2O5. The van der Waals surface area contributed by atoms with E-state index < -0.39 is 10.8 Å². The third-order valence-corrected chi connectivity index (χ3v) is 5.27. The van der Waals surface area contributed by atoms with E-state index in [2.05, 4.69) is 21.2 Å². The van der Waals surface area contributed by atoms with E-state index in [1.165, 1.54) is 25.3 Å². The minimum atomic E-state index is -0.500. The number of anilines is 1. The molecule has 33 heavy (non-hydrogen) atoms. The Balaban J connectivity index is 1.72. The molecule has 9 heteroatoms. The van der Waals surface area contributed by atoms with Gasteiger partial charge < -0.3 is 14.8 Å². The Kier molecular flexibility index (Phi) is 7.78. The largest absolute Gasteiger partial charge is 0.493 e. The fourth-order valence-electron chi connectivity index (χ4n) is 2.98. The molecule has 7 nitrogen and oxygen atoms in total. The van der Waals surface area contributed by atoms with Gasteiger partial charge in [-0.15, -0.1) is 0 Å². The van der Waals surface area contributed by atoms with Crippen molar-refractivity contribution in [1.29, 1.82) is 0 Å². The van der Waals surface area contributed by atoms with Crippen molar-refractivity contribution in [2.24, 2.45) is 0 Å². The third kappa shape index (κ3) is 6.17. The van der Waals surface area contributed by atoms with Gasteiger partial charge in [0.1, 0.15) is 12.4 Å². The van der Waals surface area contributed by atoms with Crippen molar-refractivity contribution in [2.45, 2.75) is 13.5 Å². The van der Waals surface area contributed by atoms with Gasteiger partial charge in [-0.3, -0.25) is 14.9 Å². The van der Waals surface area contributed by atoms with Crippen LogP contribution >= 0.6 is 15.9 Å². The lowest BCUT2D eigenvalue weighted by Gasteiger charge is -2.14. The number of hydrogen-bond donors (Lipinski definition) is 1. The molecule has 3 aromatic carbocycles. The summed E-state index contributed by atoms with van der Waals surface area (Å²) < 4.78 is 25.6. The lowest BCUT2D eigenvalue weighted by molar-refractivity contribution is -0.385. The first-order valence-corrected chi connectivity index (χ1v) is 10.6. The van der Waals surface area contributed by atoms with Gasteiger partial charge in [0.25, 0.3) is 5.69 Å². The average molecular weight is 515 g/mol. The lowest BCUT2D eigenvalue weighted by Crippen LogP contribution is -2.08. The Morgan fingerprint density at radius 3 is 2.67 bits per heavy atom. The molecule has 0 saturated heterocycles. The number of halogens is 2. The number of carbonyl (C=O) groups is 1. The maximum Gasteiger partial charge on any atom is 0.274 e. The second kappa shape index (κ2) is 10.7. The van der Waals surface area contributed by atoms with E-state index in [0.29, 0.717) is 38.3 Å². The van der Waals surface area contributed by atoms with Gasteiger partial charge in [0.05, 0.1) is 16.5 Å². The highest BCUT2D eigenvalue weighted by atomic mass is 79.9. The normalized spacial score (nSPS) is 10.8. The van der Waals surface area contributed by atoms with Crippen LogP contribution in [0.15, 0.2) is 65.1 Å². The third-order valence-electron chi connectivity index (χ3n) is 4.68. The van der Waals surface area contributed by atoms with Crippen molar-refractivity contribution >= 4 is 39.3 Å². The lowest BCUT2D eigenvalue weighted by atomic mass is 10.1. The molecule has 0 fully saturated rings. The van der Waals surface area contributed by atoms with Crippen molar-refractivity contribution in [1.82, 2.24) is 0 Å². The molecule has 0 aliphatic carbocycles. The van der Waals surface area contributed by atoms with Crippen LogP contribution in [0.1, 0.15) is 16.7 Å². The molecule has 0 aliphatic rings. The molecule has 0 bridgehead atoms. The summed E-state index contributed by atoms with van der Waals surface area (Å²) >= 11 is 3.42. The van der Waals surface area contributed by atoms with E-state index in [-0.39, 0.29) is 18.1 Å². The topological polar surface area (TPSA) is 90.7 Å². The predicted molar refractivity (Wildman–Crippen MR) is 127 cm³/mol. The average Bonchev–Trinajstić information content (AvgIpc) is 2.78. The standard InChI is InChI=1S/C24H20BrFN2O5/c1-15-7-9-18(13-21(15)28(30)31)27-23(29)10-8-16-11-19(25)24(22(12-16)32-2)33-14-17-5-3-4-6-20(17)26/h3-13H,14H2,1-2H3,(H,27,29)/b10-8+. The summed E-state index contributed by atoms with van der Waals surface area (Å²) in [6.45, 7) is 1.64. The highest BCUT2D eigenvalue weighted by molar-refractivity contribution is 9.10. The van der Waals surface area contributed by atoms with Crippen LogP contribution in [-0.4, -0.2) is 17.9 Å². The van der Waals surface area contributed by atoms with Crippen LogP contribution < -0.4 is 14.8 Å². The van der Waals surface area contributed by atoms with Crippen LogP contribution in [0.3, 0.4) is 0 Å². The monoisotopic (exact) mass is 514 g/mol. The Bertz CT molecular complexity index is 1230. The predicted octanol–water partition coefficient (Wildman–Crippen LogP) is 6.04. The first-order chi connectivity index (χ1) is 15.8. The number of carbonyl (C=O) groups excluding carboxylic acids is 1. The molecule has 1 N–H and O–H groups in total. The first kappa shape index (κ1) is 23.9. The summed E-state index contributed by atoms with van der Waals surface area (Å²) in [6.07, 6.45) is 2.86. The van der Waals surface area contributed by atoms with Crippen molar-refractivity contribution in [3.05, 3.63) is 97.8 Å². The van der Waals surface area contributed by atoms with Gasteiger partial charge in [-0.25, -0.2) is 4.39 Å². The Morgan fingerprint density at radius 2 is 1.97 bits per heavy atom. The number of aryl methyl sites for hydroxylation is 1. The number of rotatable bonds is 8. The Labute approximate surface area is 198 Å². The highest BCUT2D eigenvalue weighted by Gasteiger charge is 2.14. The van der Waals surface area contributed by atoms with E-state index in [0.717, 1.165) is 0 Å². The molecule has 0 spiro atoms. The zero-order valence-corrected chi connectivity index (χ0v) is 19.4. The molecule has 0 unspecified atom stereocenters. The fourth-order valence-corrected chi connectivity index (χ4v) is 3.56. The van der Waals surface area contributed by atoms with Crippen molar-refractivity contribution in [3.63, 3.8) is 0 Å². The molecule has 170 valence electrons. The van der Waals surface area contributed by atoms with Gasteiger partial charge in [-0.1, -0.05) is 24.3 Å². The number of hydrogen-bond acceptors (Lipinski definition) is 5. The molecule has 1 amide bonds. The molecule has 0 aromatic heterocycles. The van der Waals surface area contributed by atoms with E-state index in [4.69, 9.17) is 9.47 Å². The minimum absolute atomic E-state index is 0.0158. The SMILES string of the molecule is COc1cc(/C=C/C(=O)Nc2ccc(C)c([N+](=O)[O-])c2)cc(Br)c1OCc1ccccc1F. The van der Waals surface area contributed by atoms with E-state index in [9.17, 15) is 19.3 Å². The van der Waals surface area contributed by atoms with E-state index in [1.807, 2.05) is 0 Å². The summed E-state index contributed by atoms with van der Waals surface area (Å²) in [7, 11) is 1.47. The first-order valence-electron chi connectivity index (χ1n) is 9.76. The van der Waals surface area contributed by atoms with Crippen LogP contribution in [0, 0.1) is 22.9 Å². The molecule has 0 aliphatic heterocycles. The molecule has 0 atom stereocenters. The van der Waals surface area contributed by atoms with Gasteiger partial charge in [-0.2, -0.15) is 0 Å². The van der Waals surface area contributed by atoms with E-state index in [1.54, 1.807) is 55.5 Å². The fraction of sp³-hybridized carbons (Fsp3) is 0.125. The number of nitro benzene ring substituents is 1. The van der Waals surface area contributed by atoms with Gasteiger partial charge in [0.15, 0.2) is 11.5 Å². The van der Waals surface area contributed by atoms with Crippen LogP contribution in [0.4, 0.5) is 15.8 Å². The number of nitrogens with zero attached hydrogens (tertiary/aromatic N) is 1. The number of methoxy groups -OCH3 is 1. The van der Waals surface area contributed by atoms with Gasteiger partial charge in [0.2, 0.25) is 5.91 Å². The van der Waals surface area contributed by atoms with Gasteiger partial charge in [-0.05, 0) is 58.8 Å². The van der Waals surface area contributed by atoms with Crippen LogP contribution in [0.25, 0.3) is 6.08 Å². The minimum Gasteiger partial charge on any atom is -0.493 e. The van der Waals surface area contributed by atoms with Gasteiger partial charge in [0, 0.05) is 29.0 Å². The maximum absolute atomic E-state index is 13.8. The second-order valence-corrected chi connectivity index (χ2v) is 7.85. The number of ether oxygens (including phenoxy) is 2. The molecule has 3 aromatic rings. The Hall–Kier alpha value is -3.72. The smallest absolute Gasteiger partial charge is 0.274 e. The summed E-state index contributed by atoms with van der Waals surface area (Å²) in [5.74, 6) is -0.0237. The molecule has 3 rings (SSSR count).